The Labute approximate surface area is 97.5 Å². The second kappa shape index (κ2) is 4.59. The first-order chi connectivity index (χ1) is 7.72. The number of hydrazone groups is 1. The number of carbonyl (C=O) groups is 1. The SMILES string of the molecule is CC1=NN(CCO)C(=O)C1=Cc1cccs1. The summed E-state index contributed by atoms with van der Waals surface area (Å²) in [7, 11) is 0. The van der Waals surface area contributed by atoms with Gasteiger partial charge in [0, 0.05) is 4.88 Å². The molecule has 0 spiro atoms. The van der Waals surface area contributed by atoms with Crippen molar-refractivity contribution in [2.75, 3.05) is 13.2 Å². The van der Waals surface area contributed by atoms with Crippen LogP contribution in [0.4, 0.5) is 0 Å². The Morgan fingerprint density at radius 2 is 2.44 bits per heavy atom. The highest BCUT2D eigenvalue weighted by molar-refractivity contribution is 7.10. The number of rotatable bonds is 3. The molecular formula is C11H12N2O2S. The van der Waals surface area contributed by atoms with E-state index in [0.29, 0.717) is 11.3 Å². The van der Waals surface area contributed by atoms with Gasteiger partial charge in [-0.1, -0.05) is 6.07 Å². The van der Waals surface area contributed by atoms with E-state index in [2.05, 4.69) is 5.10 Å². The van der Waals surface area contributed by atoms with Crippen LogP contribution in [-0.4, -0.2) is 34.9 Å². The van der Waals surface area contributed by atoms with E-state index in [4.69, 9.17) is 5.11 Å². The first kappa shape index (κ1) is 11.0. The molecule has 0 saturated heterocycles. The molecule has 16 heavy (non-hydrogen) atoms. The van der Waals surface area contributed by atoms with Crippen molar-refractivity contribution in [1.82, 2.24) is 5.01 Å². The summed E-state index contributed by atoms with van der Waals surface area (Å²) >= 11 is 1.58. The maximum Gasteiger partial charge on any atom is 0.276 e. The van der Waals surface area contributed by atoms with Gasteiger partial charge < -0.3 is 5.11 Å². The lowest BCUT2D eigenvalue weighted by Gasteiger charge is -2.08. The zero-order chi connectivity index (χ0) is 11.5. The van der Waals surface area contributed by atoms with E-state index in [1.807, 2.05) is 23.6 Å². The van der Waals surface area contributed by atoms with Crippen LogP contribution in [0.2, 0.25) is 0 Å². The van der Waals surface area contributed by atoms with Crippen molar-refractivity contribution in [1.29, 1.82) is 0 Å². The predicted octanol–water partition coefficient (Wildman–Crippen LogP) is 1.34. The van der Waals surface area contributed by atoms with E-state index in [1.165, 1.54) is 5.01 Å². The van der Waals surface area contributed by atoms with Crippen LogP contribution in [0.5, 0.6) is 0 Å². The second-order valence-electron chi connectivity index (χ2n) is 3.41. The van der Waals surface area contributed by atoms with Gasteiger partial charge in [0.05, 0.1) is 24.4 Å². The fourth-order valence-corrected chi connectivity index (χ4v) is 2.16. The van der Waals surface area contributed by atoms with E-state index in [-0.39, 0.29) is 19.1 Å². The molecule has 0 aromatic carbocycles. The minimum absolute atomic E-state index is 0.0746. The largest absolute Gasteiger partial charge is 0.394 e. The fourth-order valence-electron chi connectivity index (χ4n) is 1.50. The number of hydrogen-bond acceptors (Lipinski definition) is 4. The molecule has 0 saturated carbocycles. The highest BCUT2D eigenvalue weighted by Gasteiger charge is 2.26. The Morgan fingerprint density at radius 1 is 1.62 bits per heavy atom. The zero-order valence-electron chi connectivity index (χ0n) is 8.88. The number of β-amino-alcohol motifs (C(OH)–C–C–N with tert-alkyl or cyclic N) is 1. The number of aliphatic hydroxyl groups is 1. The van der Waals surface area contributed by atoms with Crippen molar-refractivity contribution < 1.29 is 9.90 Å². The van der Waals surface area contributed by atoms with Crippen LogP contribution >= 0.6 is 11.3 Å². The number of carbonyl (C=O) groups excluding carboxylic acids is 1. The number of nitrogens with zero attached hydrogens (tertiary/aromatic N) is 2. The minimum atomic E-state index is -0.139. The third-order valence-corrected chi connectivity index (χ3v) is 3.09. The van der Waals surface area contributed by atoms with Gasteiger partial charge in [-0.25, -0.2) is 5.01 Å². The molecule has 0 fully saturated rings. The molecule has 0 bridgehead atoms. The summed E-state index contributed by atoms with van der Waals surface area (Å²) in [5.41, 5.74) is 1.31. The molecule has 1 aliphatic heterocycles. The van der Waals surface area contributed by atoms with Crippen LogP contribution in [0, 0.1) is 0 Å². The van der Waals surface area contributed by atoms with Crippen molar-refractivity contribution in [2.45, 2.75) is 6.92 Å². The van der Waals surface area contributed by atoms with Gasteiger partial charge in [-0.2, -0.15) is 5.10 Å². The molecular weight excluding hydrogens is 224 g/mol. The molecule has 1 aliphatic rings. The first-order valence-corrected chi connectivity index (χ1v) is 5.84. The smallest absolute Gasteiger partial charge is 0.276 e. The normalized spacial score (nSPS) is 18.4. The van der Waals surface area contributed by atoms with Crippen LogP contribution in [0.15, 0.2) is 28.2 Å². The molecule has 1 amide bonds. The minimum Gasteiger partial charge on any atom is -0.394 e. The van der Waals surface area contributed by atoms with Crippen molar-refractivity contribution in [3.05, 3.63) is 28.0 Å². The molecule has 84 valence electrons. The van der Waals surface area contributed by atoms with Gasteiger partial charge in [0.1, 0.15) is 0 Å². The maximum absolute atomic E-state index is 11.9. The van der Waals surface area contributed by atoms with Crippen molar-refractivity contribution >= 4 is 29.0 Å². The van der Waals surface area contributed by atoms with Crippen molar-refractivity contribution in [3.8, 4) is 0 Å². The molecule has 1 N–H and O–H groups in total. The zero-order valence-corrected chi connectivity index (χ0v) is 9.70. The van der Waals surface area contributed by atoms with Crippen molar-refractivity contribution in [3.63, 3.8) is 0 Å². The quantitative estimate of drug-likeness (QED) is 0.805. The number of hydrogen-bond donors (Lipinski definition) is 1. The third-order valence-electron chi connectivity index (χ3n) is 2.27. The highest BCUT2D eigenvalue weighted by atomic mass is 32.1. The Morgan fingerprint density at radius 3 is 3.06 bits per heavy atom. The monoisotopic (exact) mass is 236 g/mol. The number of amides is 1. The lowest BCUT2D eigenvalue weighted by molar-refractivity contribution is -0.126. The van der Waals surface area contributed by atoms with Crippen molar-refractivity contribution in [2.24, 2.45) is 5.10 Å². The topological polar surface area (TPSA) is 52.9 Å². The lowest BCUT2D eigenvalue weighted by Crippen LogP contribution is -2.25. The second-order valence-corrected chi connectivity index (χ2v) is 4.39. The number of aliphatic hydroxyl groups excluding tert-OH is 1. The molecule has 0 aliphatic carbocycles. The van der Waals surface area contributed by atoms with Crippen LogP contribution < -0.4 is 0 Å². The average Bonchev–Trinajstić information content (AvgIpc) is 2.84. The van der Waals surface area contributed by atoms with Crippen LogP contribution in [0.25, 0.3) is 6.08 Å². The summed E-state index contributed by atoms with van der Waals surface area (Å²) in [4.78, 5) is 12.9. The third kappa shape index (κ3) is 2.05. The summed E-state index contributed by atoms with van der Waals surface area (Å²) < 4.78 is 0. The van der Waals surface area contributed by atoms with Gasteiger partial charge in [0.2, 0.25) is 0 Å². The predicted molar refractivity (Wildman–Crippen MR) is 64.2 cm³/mol. The first-order valence-electron chi connectivity index (χ1n) is 4.96. The van der Waals surface area contributed by atoms with Gasteiger partial charge in [-0.05, 0) is 24.4 Å². The Bertz CT molecular complexity index is 449. The van der Waals surface area contributed by atoms with Gasteiger partial charge >= 0.3 is 0 Å². The molecule has 2 heterocycles. The summed E-state index contributed by atoms with van der Waals surface area (Å²) in [6.07, 6.45) is 1.84. The fraction of sp³-hybridized carbons (Fsp3) is 0.273. The van der Waals surface area contributed by atoms with Gasteiger partial charge in [0.15, 0.2) is 0 Å². The summed E-state index contributed by atoms with van der Waals surface area (Å²) in [6, 6.07) is 3.89. The molecule has 1 aromatic heterocycles. The summed E-state index contributed by atoms with van der Waals surface area (Å²) in [5.74, 6) is -0.139. The molecule has 4 nitrogen and oxygen atoms in total. The van der Waals surface area contributed by atoms with Gasteiger partial charge in [-0.3, -0.25) is 4.79 Å². The van der Waals surface area contributed by atoms with E-state index in [9.17, 15) is 4.79 Å². The summed E-state index contributed by atoms with van der Waals surface area (Å²) in [6.45, 7) is 1.97. The highest BCUT2D eigenvalue weighted by Crippen LogP contribution is 2.20. The van der Waals surface area contributed by atoms with E-state index in [0.717, 1.165) is 4.88 Å². The molecule has 0 radical (unpaired) electrons. The van der Waals surface area contributed by atoms with Crippen LogP contribution in [-0.2, 0) is 4.79 Å². The van der Waals surface area contributed by atoms with Crippen LogP contribution in [0.1, 0.15) is 11.8 Å². The molecule has 0 unspecified atom stereocenters. The lowest BCUT2D eigenvalue weighted by atomic mass is 10.1. The summed E-state index contributed by atoms with van der Waals surface area (Å²) in [5, 5.41) is 16.2. The standard InChI is InChI=1S/C11H12N2O2S/c1-8-10(7-9-3-2-6-16-9)11(15)13(12-8)4-5-14/h2-3,6-7,14H,4-5H2,1H3. The van der Waals surface area contributed by atoms with Crippen LogP contribution in [0.3, 0.4) is 0 Å². The number of thiophene rings is 1. The Kier molecular flexibility index (Phi) is 3.17. The molecule has 5 heteroatoms. The molecule has 1 aromatic rings. The maximum atomic E-state index is 11.9. The molecule has 0 atom stereocenters. The average molecular weight is 236 g/mol. The van der Waals surface area contributed by atoms with E-state index >= 15 is 0 Å². The Hall–Kier alpha value is -1.46. The van der Waals surface area contributed by atoms with Gasteiger partial charge in [0.25, 0.3) is 5.91 Å². The van der Waals surface area contributed by atoms with E-state index in [1.54, 1.807) is 18.3 Å². The van der Waals surface area contributed by atoms with Gasteiger partial charge in [-0.15, -0.1) is 11.3 Å². The molecule has 2 rings (SSSR count). The Balaban J connectivity index is 2.25. The van der Waals surface area contributed by atoms with E-state index < -0.39 is 0 Å².